The lowest BCUT2D eigenvalue weighted by Gasteiger charge is -2.15. The summed E-state index contributed by atoms with van der Waals surface area (Å²) in [6.45, 7) is 7.13. The third-order valence-corrected chi connectivity index (χ3v) is 6.90. The predicted octanol–water partition coefficient (Wildman–Crippen LogP) is 7.34. The molecule has 1 aliphatic rings. The van der Waals surface area contributed by atoms with Crippen molar-refractivity contribution in [3.05, 3.63) is 95.8 Å². The van der Waals surface area contributed by atoms with Crippen LogP contribution in [0.25, 0.3) is 6.08 Å². The highest BCUT2D eigenvalue weighted by molar-refractivity contribution is 14.1. The fourth-order valence-corrected chi connectivity index (χ4v) is 4.65. The molecule has 0 aromatic heterocycles. The number of carbonyl (C=O) groups excluding carboxylic acids is 1. The van der Waals surface area contributed by atoms with E-state index in [9.17, 15) is 4.79 Å². The molecule has 1 heterocycles. The summed E-state index contributed by atoms with van der Waals surface area (Å²) in [7, 11) is 0. The minimum Gasteiger partial charge on any atom is -0.490 e. The van der Waals surface area contributed by atoms with E-state index in [-0.39, 0.29) is 5.70 Å². The Kier molecular flexibility index (Phi) is 8.48. The second-order valence-corrected chi connectivity index (χ2v) is 10.7. The van der Waals surface area contributed by atoms with Crippen LogP contribution in [0, 0.1) is 7.14 Å². The van der Waals surface area contributed by atoms with Crippen molar-refractivity contribution in [2.24, 2.45) is 4.99 Å². The van der Waals surface area contributed by atoms with Crippen LogP contribution < -0.4 is 9.47 Å². The highest BCUT2D eigenvalue weighted by Crippen LogP contribution is 2.36. The largest absolute Gasteiger partial charge is 0.490 e. The number of ether oxygens (including phenoxy) is 3. The molecule has 0 amide bonds. The molecule has 35 heavy (non-hydrogen) atoms. The maximum Gasteiger partial charge on any atom is 0.363 e. The second kappa shape index (κ2) is 11.6. The SMILES string of the molecule is CCOc1cc(/C=C2\N=C(c3ccc(C(C)C)cc3)OC2=O)cc(I)c1OCc1ccc(I)cc1. The van der Waals surface area contributed by atoms with Crippen molar-refractivity contribution in [3.63, 3.8) is 0 Å². The van der Waals surface area contributed by atoms with E-state index in [0.717, 1.165) is 20.3 Å². The normalized spacial score (nSPS) is 14.3. The Bertz CT molecular complexity index is 1280. The van der Waals surface area contributed by atoms with E-state index in [0.29, 0.717) is 36.5 Å². The molecule has 0 radical (unpaired) electrons. The van der Waals surface area contributed by atoms with Crippen LogP contribution >= 0.6 is 45.2 Å². The number of hydrogen-bond acceptors (Lipinski definition) is 5. The molecule has 0 unspecified atom stereocenters. The van der Waals surface area contributed by atoms with E-state index in [4.69, 9.17) is 14.2 Å². The Morgan fingerprint density at radius 2 is 1.71 bits per heavy atom. The predicted molar refractivity (Wildman–Crippen MR) is 155 cm³/mol. The molecule has 5 nitrogen and oxygen atoms in total. The lowest BCUT2D eigenvalue weighted by atomic mass is 10.0. The number of esters is 1. The second-order valence-electron chi connectivity index (χ2n) is 8.29. The van der Waals surface area contributed by atoms with Crippen LogP contribution in [0.4, 0.5) is 0 Å². The van der Waals surface area contributed by atoms with Crippen LogP contribution in [-0.4, -0.2) is 18.5 Å². The molecule has 0 aliphatic carbocycles. The number of hydrogen-bond donors (Lipinski definition) is 0. The summed E-state index contributed by atoms with van der Waals surface area (Å²) in [5, 5.41) is 0. The first-order valence-corrected chi connectivity index (χ1v) is 13.5. The maximum absolute atomic E-state index is 12.5. The Hall–Kier alpha value is -2.40. The van der Waals surface area contributed by atoms with Crippen LogP contribution in [-0.2, 0) is 16.1 Å². The van der Waals surface area contributed by atoms with E-state index < -0.39 is 5.97 Å². The van der Waals surface area contributed by atoms with Gasteiger partial charge in [0.1, 0.15) is 6.61 Å². The maximum atomic E-state index is 12.5. The third kappa shape index (κ3) is 6.43. The minimum absolute atomic E-state index is 0.249. The molecule has 4 rings (SSSR count). The quantitative estimate of drug-likeness (QED) is 0.141. The van der Waals surface area contributed by atoms with Crippen LogP contribution in [0.15, 0.2) is 71.4 Å². The van der Waals surface area contributed by atoms with Gasteiger partial charge in [-0.1, -0.05) is 38.1 Å². The van der Waals surface area contributed by atoms with Gasteiger partial charge in [-0.2, -0.15) is 0 Å². The average molecular weight is 693 g/mol. The van der Waals surface area contributed by atoms with E-state index in [2.05, 4.69) is 76.2 Å². The van der Waals surface area contributed by atoms with Crippen molar-refractivity contribution in [2.75, 3.05) is 6.61 Å². The molecule has 7 heteroatoms. The van der Waals surface area contributed by atoms with Gasteiger partial charge in [0.15, 0.2) is 17.2 Å². The van der Waals surface area contributed by atoms with Gasteiger partial charge in [0, 0.05) is 9.13 Å². The Morgan fingerprint density at radius 1 is 1.00 bits per heavy atom. The van der Waals surface area contributed by atoms with Gasteiger partial charge in [0.2, 0.25) is 5.90 Å². The van der Waals surface area contributed by atoms with Crippen molar-refractivity contribution in [2.45, 2.75) is 33.3 Å². The van der Waals surface area contributed by atoms with Gasteiger partial charge in [-0.3, -0.25) is 0 Å². The van der Waals surface area contributed by atoms with Crippen molar-refractivity contribution in [1.82, 2.24) is 0 Å². The minimum atomic E-state index is -0.472. The summed E-state index contributed by atoms with van der Waals surface area (Å²) in [4.78, 5) is 17.0. The zero-order valence-electron chi connectivity index (χ0n) is 19.7. The molecule has 0 saturated carbocycles. The van der Waals surface area contributed by atoms with E-state index in [1.54, 1.807) is 6.08 Å². The average Bonchev–Trinajstić information content (AvgIpc) is 3.20. The highest BCUT2D eigenvalue weighted by atomic mass is 127. The summed E-state index contributed by atoms with van der Waals surface area (Å²) in [6.07, 6.45) is 1.71. The lowest BCUT2D eigenvalue weighted by molar-refractivity contribution is -0.129. The lowest BCUT2D eigenvalue weighted by Crippen LogP contribution is -2.05. The van der Waals surface area contributed by atoms with Crippen LogP contribution in [0.5, 0.6) is 11.5 Å². The number of aliphatic imine (C=N–C) groups is 1. The van der Waals surface area contributed by atoms with Crippen molar-refractivity contribution in [1.29, 1.82) is 0 Å². The number of rotatable bonds is 8. The summed E-state index contributed by atoms with van der Waals surface area (Å²) >= 11 is 4.51. The van der Waals surface area contributed by atoms with Gasteiger partial charge in [-0.05, 0) is 117 Å². The topological polar surface area (TPSA) is 57.1 Å². The van der Waals surface area contributed by atoms with Gasteiger partial charge in [0.05, 0.1) is 10.2 Å². The Balaban J connectivity index is 1.58. The summed E-state index contributed by atoms with van der Waals surface area (Å²) in [5.41, 5.74) is 4.10. The molecular formula is C28H25I2NO4. The number of cyclic esters (lactones) is 1. The van der Waals surface area contributed by atoms with Crippen LogP contribution in [0.3, 0.4) is 0 Å². The fourth-order valence-electron chi connectivity index (χ4n) is 3.51. The van der Waals surface area contributed by atoms with E-state index >= 15 is 0 Å². The summed E-state index contributed by atoms with van der Waals surface area (Å²) in [6, 6.07) is 19.9. The molecule has 0 N–H and O–H groups in total. The van der Waals surface area contributed by atoms with Gasteiger partial charge >= 0.3 is 5.97 Å². The molecule has 1 aliphatic heterocycles. The summed E-state index contributed by atoms with van der Waals surface area (Å²) in [5.74, 6) is 1.57. The number of benzene rings is 3. The first kappa shape index (κ1) is 25.7. The fraction of sp³-hybridized carbons (Fsp3) is 0.214. The van der Waals surface area contributed by atoms with Crippen molar-refractivity contribution < 1.29 is 19.0 Å². The zero-order chi connectivity index (χ0) is 24.9. The molecule has 180 valence electrons. The first-order valence-electron chi connectivity index (χ1n) is 11.3. The van der Waals surface area contributed by atoms with Gasteiger partial charge < -0.3 is 14.2 Å². The Labute approximate surface area is 232 Å². The molecule has 0 fully saturated rings. The molecule has 3 aromatic rings. The van der Waals surface area contributed by atoms with Crippen molar-refractivity contribution in [3.8, 4) is 11.5 Å². The van der Waals surface area contributed by atoms with Crippen molar-refractivity contribution >= 4 is 63.1 Å². The molecule has 0 saturated heterocycles. The third-order valence-electron chi connectivity index (χ3n) is 5.38. The molecular weight excluding hydrogens is 668 g/mol. The van der Waals surface area contributed by atoms with Gasteiger partial charge in [-0.25, -0.2) is 9.79 Å². The van der Waals surface area contributed by atoms with Crippen LogP contribution in [0.2, 0.25) is 0 Å². The first-order chi connectivity index (χ1) is 16.8. The highest BCUT2D eigenvalue weighted by Gasteiger charge is 2.24. The number of halogens is 2. The number of carbonyl (C=O) groups is 1. The zero-order valence-corrected chi connectivity index (χ0v) is 24.0. The van der Waals surface area contributed by atoms with Gasteiger partial charge in [0.25, 0.3) is 0 Å². The van der Waals surface area contributed by atoms with Crippen LogP contribution in [0.1, 0.15) is 48.9 Å². The van der Waals surface area contributed by atoms with E-state index in [1.165, 1.54) is 9.13 Å². The standard InChI is InChI=1S/C28H25I2NO4/c1-4-33-25-15-19(13-23(30)26(25)34-16-18-5-11-22(29)12-6-18)14-24-28(32)35-27(31-24)21-9-7-20(8-10-21)17(2)3/h5-15,17H,4,16H2,1-3H3/b24-14-. The summed E-state index contributed by atoms with van der Waals surface area (Å²) < 4.78 is 19.5. The monoisotopic (exact) mass is 693 g/mol. The molecule has 0 bridgehead atoms. The molecule has 3 aromatic carbocycles. The van der Waals surface area contributed by atoms with E-state index in [1.807, 2.05) is 55.5 Å². The molecule has 0 atom stereocenters. The van der Waals surface area contributed by atoms with Gasteiger partial charge in [-0.15, -0.1) is 0 Å². The molecule has 0 spiro atoms. The smallest absolute Gasteiger partial charge is 0.363 e. The Morgan fingerprint density at radius 3 is 2.37 bits per heavy atom. The number of nitrogens with zero attached hydrogens (tertiary/aromatic N) is 1.